The maximum Gasteiger partial charge on any atom is 0.143 e. The normalized spacial score (nSPS) is 11.0. The number of aromatic amines is 1. The zero-order chi connectivity index (χ0) is 11.0. The lowest BCUT2D eigenvalue weighted by Gasteiger charge is -2.00. The topological polar surface area (TPSA) is 80.7 Å². The third kappa shape index (κ3) is 1.42. The van der Waals surface area contributed by atoms with Gasteiger partial charge in [-0.3, -0.25) is 0 Å². The molecule has 0 unspecified atom stereocenters. The Labute approximate surface area is 91.3 Å². The second-order valence-corrected chi connectivity index (χ2v) is 3.52. The lowest BCUT2D eigenvalue weighted by Crippen LogP contribution is -2.00. The van der Waals surface area contributed by atoms with Gasteiger partial charge in [-0.1, -0.05) is 0 Å². The van der Waals surface area contributed by atoms with Crippen molar-refractivity contribution in [1.29, 1.82) is 0 Å². The van der Waals surface area contributed by atoms with E-state index < -0.39 is 0 Å². The molecule has 5 heteroatoms. The molecule has 0 bridgehead atoms. The van der Waals surface area contributed by atoms with Crippen molar-refractivity contribution in [1.82, 2.24) is 15.0 Å². The fourth-order valence-corrected chi connectivity index (χ4v) is 1.66. The smallest absolute Gasteiger partial charge is 0.143 e. The van der Waals surface area contributed by atoms with Crippen LogP contribution in [-0.2, 0) is 6.42 Å². The summed E-state index contributed by atoms with van der Waals surface area (Å²) in [5.74, 6) is 1.97. The maximum atomic E-state index is 5.83. The van der Waals surface area contributed by atoms with E-state index in [0.29, 0.717) is 18.1 Å². The third-order valence-electron chi connectivity index (χ3n) is 2.40. The predicted octanol–water partition coefficient (Wildman–Crippen LogP) is 1.72. The van der Waals surface area contributed by atoms with Crippen molar-refractivity contribution in [3.05, 3.63) is 42.2 Å². The van der Waals surface area contributed by atoms with Crippen LogP contribution in [0.5, 0.6) is 0 Å². The summed E-state index contributed by atoms with van der Waals surface area (Å²) in [5.41, 5.74) is 6.59. The molecule has 0 amide bonds. The van der Waals surface area contributed by atoms with Crippen molar-refractivity contribution in [3.8, 4) is 0 Å². The quantitative estimate of drug-likeness (QED) is 0.680. The third-order valence-corrected chi connectivity index (χ3v) is 2.40. The molecule has 3 aromatic heterocycles. The molecular weight excluding hydrogens is 204 g/mol. The summed E-state index contributed by atoms with van der Waals surface area (Å²) in [4.78, 5) is 11.6. The van der Waals surface area contributed by atoms with Gasteiger partial charge in [-0.15, -0.1) is 0 Å². The fraction of sp³-hybridized carbons (Fsp3) is 0.0909. The number of aromatic nitrogens is 3. The van der Waals surface area contributed by atoms with E-state index in [2.05, 4.69) is 15.0 Å². The standard InChI is InChI=1S/C11H10N4O/c12-10-8-3-4-13-11(8)15-9(14-10)6-7-2-1-5-16-7/h1-5H,6H2,(H3,12,13,14,15). The average Bonchev–Trinajstić information content (AvgIpc) is 2.87. The van der Waals surface area contributed by atoms with Gasteiger partial charge in [-0.05, 0) is 18.2 Å². The van der Waals surface area contributed by atoms with Gasteiger partial charge in [-0.2, -0.15) is 0 Å². The predicted molar refractivity (Wildman–Crippen MR) is 59.8 cm³/mol. The Morgan fingerprint density at radius 3 is 3.06 bits per heavy atom. The molecular formula is C11H10N4O. The van der Waals surface area contributed by atoms with E-state index in [1.165, 1.54) is 0 Å². The first-order valence-corrected chi connectivity index (χ1v) is 4.95. The largest absolute Gasteiger partial charge is 0.469 e. The van der Waals surface area contributed by atoms with Gasteiger partial charge in [0.1, 0.15) is 23.0 Å². The van der Waals surface area contributed by atoms with Crippen LogP contribution in [0.25, 0.3) is 11.0 Å². The van der Waals surface area contributed by atoms with Crippen LogP contribution >= 0.6 is 0 Å². The highest BCUT2D eigenvalue weighted by Gasteiger charge is 2.07. The first kappa shape index (κ1) is 8.96. The van der Waals surface area contributed by atoms with Gasteiger partial charge in [0.25, 0.3) is 0 Å². The number of nitrogens with zero attached hydrogens (tertiary/aromatic N) is 2. The van der Waals surface area contributed by atoms with Gasteiger partial charge in [0.2, 0.25) is 0 Å². The molecule has 5 nitrogen and oxygen atoms in total. The molecule has 3 rings (SSSR count). The molecule has 0 aliphatic carbocycles. The molecule has 80 valence electrons. The molecule has 3 heterocycles. The zero-order valence-electron chi connectivity index (χ0n) is 8.47. The number of anilines is 1. The van der Waals surface area contributed by atoms with Gasteiger partial charge >= 0.3 is 0 Å². The van der Waals surface area contributed by atoms with Crippen molar-refractivity contribution in [2.45, 2.75) is 6.42 Å². The van der Waals surface area contributed by atoms with Crippen molar-refractivity contribution < 1.29 is 4.42 Å². The summed E-state index contributed by atoms with van der Waals surface area (Å²) in [5, 5.41) is 0.850. The van der Waals surface area contributed by atoms with Crippen LogP contribution in [0.15, 0.2) is 35.1 Å². The van der Waals surface area contributed by atoms with Crippen LogP contribution < -0.4 is 5.73 Å². The van der Waals surface area contributed by atoms with Gasteiger partial charge in [0, 0.05) is 6.20 Å². The number of hydrogen-bond acceptors (Lipinski definition) is 4. The molecule has 0 aromatic carbocycles. The van der Waals surface area contributed by atoms with Gasteiger partial charge in [0.05, 0.1) is 18.1 Å². The Morgan fingerprint density at radius 2 is 2.25 bits per heavy atom. The Morgan fingerprint density at radius 1 is 1.31 bits per heavy atom. The second kappa shape index (κ2) is 3.37. The SMILES string of the molecule is Nc1nc(Cc2ccco2)nc2[nH]ccc12. The van der Waals surface area contributed by atoms with E-state index in [1.807, 2.05) is 18.2 Å². The maximum absolute atomic E-state index is 5.83. The van der Waals surface area contributed by atoms with Crippen molar-refractivity contribution in [2.24, 2.45) is 0 Å². The van der Waals surface area contributed by atoms with Crippen LogP contribution in [-0.4, -0.2) is 15.0 Å². The number of hydrogen-bond donors (Lipinski definition) is 2. The number of fused-ring (bicyclic) bond motifs is 1. The Bertz CT molecular complexity index is 612. The molecule has 3 N–H and O–H groups in total. The number of H-pyrrole nitrogens is 1. The molecule has 0 radical (unpaired) electrons. The molecule has 16 heavy (non-hydrogen) atoms. The number of nitrogens with two attached hydrogens (primary N) is 1. The number of nitrogens with one attached hydrogen (secondary N) is 1. The summed E-state index contributed by atoms with van der Waals surface area (Å²) >= 11 is 0. The van der Waals surface area contributed by atoms with Crippen LogP contribution in [0, 0.1) is 0 Å². The molecule has 0 saturated heterocycles. The van der Waals surface area contributed by atoms with Gasteiger partial charge < -0.3 is 15.1 Å². The number of nitrogen functional groups attached to an aromatic ring is 1. The minimum absolute atomic E-state index is 0.493. The van der Waals surface area contributed by atoms with E-state index in [-0.39, 0.29) is 0 Å². The molecule has 3 aromatic rings. The Balaban J connectivity index is 2.04. The van der Waals surface area contributed by atoms with Crippen LogP contribution in [0.4, 0.5) is 5.82 Å². The highest BCUT2D eigenvalue weighted by molar-refractivity contribution is 5.85. The average molecular weight is 214 g/mol. The molecule has 0 spiro atoms. The zero-order valence-corrected chi connectivity index (χ0v) is 8.47. The number of furan rings is 1. The molecule has 0 aliphatic heterocycles. The second-order valence-electron chi connectivity index (χ2n) is 3.52. The summed E-state index contributed by atoms with van der Waals surface area (Å²) in [6.45, 7) is 0. The van der Waals surface area contributed by atoms with Crippen molar-refractivity contribution in [3.63, 3.8) is 0 Å². The molecule has 0 atom stereocenters. The molecule has 0 fully saturated rings. The van der Waals surface area contributed by atoms with E-state index >= 15 is 0 Å². The van der Waals surface area contributed by atoms with Gasteiger partial charge in [0.15, 0.2) is 0 Å². The number of rotatable bonds is 2. The van der Waals surface area contributed by atoms with Crippen molar-refractivity contribution >= 4 is 16.9 Å². The minimum Gasteiger partial charge on any atom is -0.469 e. The summed E-state index contributed by atoms with van der Waals surface area (Å²) in [6.07, 6.45) is 3.98. The fourth-order valence-electron chi connectivity index (χ4n) is 1.66. The highest BCUT2D eigenvalue weighted by Crippen LogP contribution is 2.17. The van der Waals surface area contributed by atoms with Crippen molar-refractivity contribution in [2.75, 3.05) is 5.73 Å². The van der Waals surface area contributed by atoms with Crippen LogP contribution in [0.2, 0.25) is 0 Å². The van der Waals surface area contributed by atoms with Gasteiger partial charge in [-0.25, -0.2) is 9.97 Å². The molecule has 0 saturated carbocycles. The van der Waals surface area contributed by atoms with Crippen LogP contribution in [0.1, 0.15) is 11.6 Å². The van der Waals surface area contributed by atoms with E-state index in [9.17, 15) is 0 Å². The van der Waals surface area contributed by atoms with Crippen LogP contribution in [0.3, 0.4) is 0 Å². The van der Waals surface area contributed by atoms with E-state index in [4.69, 9.17) is 10.2 Å². The highest BCUT2D eigenvalue weighted by atomic mass is 16.3. The monoisotopic (exact) mass is 214 g/mol. The lowest BCUT2D eigenvalue weighted by molar-refractivity contribution is 0.517. The first-order chi connectivity index (χ1) is 7.83. The summed E-state index contributed by atoms with van der Waals surface area (Å²) < 4.78 is 5.24. The minimum atomic E-state index is 0.493. The first-order valence-electron chi connectivity index (χ1n) is 4.95. The lowest BCUT2D eigenvalue weighted by atomic mass is 10.3. The van der Waals surface area contributed by atoms with E-state index in [0.717, 1.165) is 16.8 Å². The summed E-state index contributed by atoms with van der Waals surface area (Å²) in [6, 6.07) is 5.59. The Hall–Kier alpha value is -2.30. The summed E-state index contributed by atoms with van der Waals surface area (Å²) in [7, 11) is 0. The Kier molecular flexibility index (Phi) is 1.89. The molecule has 0 aliphatic rings. The van der Waals surface area contributed by atoms with E-state index in [1.54, 1.807) is 12.5 Å².